The molecule has 0 saturated heterocycles. The van der Waals surface area contributed by atoms with E-state index in [1.807, 2.05) is 79.7 Å². The number of para-hydroxylation sites is 2. The summed E-state index contributed by atoms with van der Waals surface area (Å²) in [6, 6.07) is 24.9. The van der Waals surface area contributed by atoms with Gasteiger partial charge in [0.15, 0.2) is 5.96 Å². The number of nitrogens with two attached hydrogens (primary N) is 2. The molecule has 5 aromatic rings. The average molecular weight is 948 g/mol. The van der Waals surface area contributed by atoms with E-state index in [1.54, 1.807) is 18.3 Å². The van der Waals surface area contributed by atoms with Crippen molar-refractivity contribution < 1.29 is 28.8 Å². The predicted molar refractivity (Wildman–Crippen MR) is 253 cm³/mol. The zero-order valence-electron chi connectivity index (χ0n) is 36.1. The van der Waals surface area contributed by atoms with E-state index >= 15 is 0 Å². The van der Waals surface area contributed by atoms with Gasteiger partial charge < -0.3 is 48.4 Å². The largest absolute Gasteiger partial charge is 0.370 e. The normalized spacial score (nSPS) is 15.6. The summed E-state index contributed by atoms with van der Waals surface area (Å²) < 4.78 is 0.907. The number of halogens is 1. The number of anilines is 1. The van der Waals surface area contributed by atoms with Crippen molar-refractivity contribution in [3.63, 3.8) is 0 Å². The Morgan fingerprint density at radius 3 is 2.25 bits per heavy atom. The summed E-state index contributed by atoms with van der Waals surface area (Å²) in [7, 11) is 0. The second-order valence-electron chi connectivity index (χ2n) is 16.2. The molecule has 0 bridgehead atoms. The molecule has 65 heavy (non-hydrogen) atoms. The molecule has 0 saturated carbocycles. The lowest BCUT2D eigenvalue weighted by Gasteiger charge is -2.39. The topological polar surface area (TPSA) is 266 Å². The van der Waals surface area contributed by atoms with E-state index < -0.39 is 53.2 Å². The lowest BCUT2D eigenvalue weighted by molar-refractivity contribution is -0.137. The highest BCUT2D eigenvalue weighted by molar-refractivity contribution is 9.10. The van der Waals surface area contributed by atoms with Gasteiger partial charge in [-0.1, -0.05) is 95.7 Å². The van der Waals surface area contributed by atoms with Crippen molar-refractivity contribution in [2.75, 3.05) is 11.9 Å². The van der Waals surface area contributed by atoms with Crippen LogP contribution in [0.3, 0.4) is 0 Å². The number of fused-ring (bicyclic) bond motifs is 2. The summed E-state index contributed by atoms with van der Waals surface area (Å²) in [5.74, 6) is -3.88. The van der Waals surface area contributed by atoms with Gasteiger partial charge in [0.2, 0.25) is 29.5 Å². The van der Waals surface area contributed by atoms with Crippen molar-refractivity contribution in [1.29, 1.82) is 5.41 Å². The number of amides is 6. The summed E-state index contributed by atoms with van der Waals surface area (Å²) in [5, 5.41) is 25.6. The number of hydrogen-bond acceptors (Lipinski definition) is 7. The first-order valence-electron chi connectivity index (χ1n) is 21.6. The maximum atomic E-state index is 14.7. The highest BCUT2D eigenvalue weighted by Crippen LogP contribution is 2.34. The molecule has 0 radical (unpaired) electrons. The first-order valence-corrected chi connectivity index (χ1v) is 22.4. The van der Waals surface area contributed by atoms with Crippen molar-refractivity contribution in [2.24, 2.45) is 11.5 Å². The first-order chi connectivity index (χ1) is 31.3. The van der Waals surface area contributed by atoms with Crippen LogP contribution in [0.15, 0.2) is 108 Å². The van der Waals surface area contributed by atoms with Gasteiger partial charge in [0, 0.05) is 53.8 Å². The molecule has 4 aromatic carbocycles. The van der Waals surface area contributed by atoms with Crippen LogP contribution in [0, 0.1) is 5.41 Å². The predicted octanol–water partition coefficient (Wildman–Crippen LogP) is 4.01. The number of hydrogen-bond donors (Lipinski definition) is 10. The molecule has 1 aliphatic carbocycles. The molecular formula is C48H55BrN10O6. The summed E-state index contributed by atoms with van der Waals surface area (Å²) in [5.41, 5.74) is 14.2. The van der Waals surface area contributed by atoms with Crippen molar-refractivity contribution >= 4 is 73.9 Å². The van der Waals surface area contributed by atoms with E-state index in [1.165, 1.54) is 12.1 Å². The van der Waals surface area contributed by atoms with E-state index in [9.17, 15) is 28.8 Å². The van der Waals surface area contributed by atoms with Crippen LogP contribution in [-0.4, -0.2) is 76.6 Å². The fourth-order valence-corrected chi connectivity index (χ4v) is 8.77. The van der Waals surface area contributed by atoms with Crippen molar-refractivity contribution in [3.8, 4) is 0 Å². The Morgan fingerprint density at radius 1 is 0.800 bits per heavy atom. The average Bonchev–Trinajstić information content (AvgIpc) is 3.69. The van der Waals surface area contributed by atoms with Crippen LogP contribution in [0.5, 0.6) is 0 Å². The lowest BCUT2D eigenvalue weighted by Crippen LogP contribution is -2.65. The fourth-order valence-electron chi connectivity index (χ4n) is 8.17. The van der Waals surface area contributed by atoms with Crippen LogP contribution < -0.4 is 43.4 Å². The Balaban J connectivity index is 1.30. The summed E-state index contributed by atoms with van der Waals surface area (Å²) in [6.45, 7) is 2.07. The smallest absolute Gasteiger partial charge is 0.250 e. The third-order valence-electron chi connectivity index (χ3n) is 11.5. The summed E-state index contributed by atoms with van der Waals surface area (Å²) in [6.07, 6.45) is 3.86. The molecular weight excluding hydrogens is 892 g/mol. The zero-order chi connectivity index (χ0) is 46.5. The van der Waals surface area contributed by atoms with E-state index in [4.69, 9.17) is 16.9 Å². The van der Waals surface area contributed by atoms with Gasteiger partial charge >= 0.3 is 0 Å². The molecule has 1 unspecified atom stereocenters. The van der Waals surface area contributed by atoms with E-state index in [-0.39, 0.29) is 74.6 Å². The Labute approximate surface area is 385 Å². The maximum Gasteiger partial charge on any atom is 0.250 e. The Kier molecular flexibility index (Phi) is 16.1. The Bertz CT molecular complexity index is 2550. The molecule has 12 N–H and O–H groups in total. The minimum absolute atomic E-state index is 0.0190. The van der Waals surface area contributed by atoms with Gasteiger partial charge in [-0.2, -0.15) is 0 Å². The van der Waals surface area contributed by atoms with Crippen LogP contribution >= 0.6 is 15.9 Å². The van der Waals surface area contributed by atoms with Gasteiger partial charge in [0.05, 0.1) is 11.3 Å². The molecule has 6 rings (SSSR count). The van der Waals surface area contributed by atoms with Gasteiger partial charge in [-0.3, -0.25) is 34.2 Å². The molecule has 4 atom stereocenters. The SMILES string of the molecule is CCCC(=O)NC1(C(=O)N[C@H](Cc2ccccc2)C(=O)N[C@@H](CCCNC(=N)N)C(=O)N[C@@H](Cc2c[nH]c3ccccc23)C(=O)Nc2ccccc2C(N)=O)CCc2c(Br)cccc2C1. The molecule has 0 spiro atoms. The van der Waals surface area contributed by atoms with E-state index in [2.05, 4.69) is 52.8 Å². The van der Waals surface area contributed by atoms with Crippen LogP contribution in [-0.2, 0) is 49.7 Å². The van der Waals surface area contributed by atoms with Crippen LogP contribution in [0.25, 0.3) is 10.9 Å². The van der Waals surface area contributed by atoms with Gasteiger partial charge in [-0.05, 0) is 78.6 Å². The van der Waals surface area contributed by atoms with Crippen LogP contribution in [0.4, 0.5) is 5.69 Å². The highest BCUT2D eigenvalue weighted by Gasteiger charge is 2.44. The quantitative estimate of drug-likeness (QED) is 0.0309. The van der Waals surface area contributed by atoms with Gasteiger partial charge in [0.25, 0.3) is 5.91 Å². The third-order valence-corrected chi connectivity index (χ3v) is 12.2. The first kappa shape index (κ1) is 47.5. The van der Waals surface area contributed by atoms with Crippen molar-refractivity contribution in [2.45, 2.75) is 88.4 Å². The number of benzene rings is 4. The molecule has 6 amide bonds. The molecule has 1 aliphatic rings. The standard InChI is InChI=1S/C48H55BrN10O6/c1-2-12-41(60)59-48(23-22-32-30(27-48)15-10-18-35(32)49)46(65)58-39(25-29-13-4-3-5-14-29)44(63)56-38(21-11-24-53-47(51)52)43(62)57-40(26-31-28-54-36-19-8-6-16-33(31)36)45(64)55-37-20-9-7-17-34(37)42(50)61/h3-10,13-20,28,38-40,54H,2,11-12,21-27H2,1H3,(H2,50,61)(H,55,64)(H,56,63)(H,57,62)(H,58,65)(H,59,60)(H4,51,52,53)/t38-,39+,40-,48?/m0/s1. The third kappa shape index (κ3) is 12.4. The molecule has 1 aromatic heterocycles. The molecule has 340 valence electrons. The molecule has 0 fully saturated rings. The fraction of sp³-hybridized carbons (Fsp3) is 0.312. The number of aromatic nitrogens is 1. The van der Waals surface area contributed by atoms with Crippen molar-refractivity contribution in [3.05, 3.63) is 136 Å². The van der Waals surface area contributed by atoms with Gasteiger partial charge in [-0.25, -0.2) is 0 Å². The second kappa shape index (κ2) is 22.1. The summed E-state index contributed by atoms with van der Waals surface area (Å²) >= 11 is 3.63. The van der Waals surface area contributed by atoms with Crippen LogP contribution in [0.1, 0.15) is 71.6 Å². The Morgan fingerprint density at radius 2 is 1.49 bits per heavy atom. The van der Waals surface area contributed by atoms with E-state index in [0.29, 0.717) is 12.8 Å². The number of primary amides is 1. The van der Waals surface area contributed by atoms with Gasteiger partial charge in [0.1, 0.15) is 23.7 Å². The number of carbonyl (C=O) groups excluding carboxylic acids is 6. The minimum Gasteiger partial charge on any atom is -0.370 e. The maximum absolute atomic E-state index is 14.7. The van der Waals surface area contributed by atoms with E-state index in [0.717, 1.165) is 37.6 Å². The second-order valence-corrected chi connectivity index (χ2v) is 17.1. The summed E-state index contributed by atoms with van der Waals surface area (Å²) in [4.78, 5) is 86.8. The van der Waals surface area contributed by atoms with Gasteiger partial charge in [-0.15, -0.1) is 0 Å². The minimum atomic E-state index is -1.37. The molecule has 16 nitrogen and oxygen atoms in total. The highest BCUT2D eigenvalue weighted by atomic mass is 79.9. The number of nitrogens with one attached hydrogen (secondary N) is 8. The number of H-pyrrole nitrogens is 1. The number of guanidine groups is 1. The zero-order valence-corrected chi connectivity index (χ0v) is 37.7. The Hall–Kier alpha value is -7.01. The van der Waals surface area contributed by atoms with Crippen LogP contribution in [0.2, 0.25) is 0 Å². The number of rotatable bonds is 20. The molecule has 17 heteroatoms. The number of carbonyl (C=O) groups is 6. The molecule has 0 aliphatic heterocycles. The molecule has 1 heterocycles. The number of aromatic amines is 1. The lowest BCUT2D eigenvalue weighted by atomic mass is 9.77. The monoisotopic (exact) mass is 946 g/mol. The van der Waals surface area contributed by atoms with Crippen molar-refractivity contribution in [1.82, 2.24) is 31.6 Å².